The van der Waals surface area contributed by atoms with Crippen LogP contribution in [0.15, 0.2) is 60.7 Å². The molecule has 8 nitrogen and oxygen atoms in total. The molecule has 2 unspecified atom stereocenters. The number of carbonyl (C=O) groups is 1. The number of rotatable bonds is 9. The van der Waals surface area contributed by atoms with E-state index >= 15 is 0 Å². The van der Waals surface area contributed by atoms with Crippen molar-refractivity contribution in [3.05, 3.63) is 89.3 Å². The van der Waals surface area contributed by atoms with Crippen molar-refractivity contribution >= 4 is 17.1 Å². The largest absolute Gasteiger partial charge is 0.481 e. The average Bonchev–Trinajstić information content (AvgIpc) is 3.18. The molecule has 3 rings (SSSR count). The topological polar surface area (TPSA) is 121 Å². The highest BCUT2D eigenvalue weighted by Gasteiger charge is 2.18. The van der Waals surface area contributed by atoms with Crippen LogP contribution in [0.25, 0.3) is 11.1 Å². The van der Waals surface area contributed by atoms with Crippen molar-refractivity contribution in [2.75, 3.05) is 0 Å². The van der Waals surface area contributed by atoms with E-state index < -0.39 is 36.2 Å². The number of tetrazole rings is 1. The molecule has 172 valence electrons. The van der Waals surface area contributed by atoms with Crippen molar-refractivity contribution in [2.24, 2.45) is 7.05 Å². The van der Waals surface area contributed by atoms with Crippen LogP contribution in [0.1, 0.15) is 29.8 Å². The van der Waals surface area contributed by atoms with Crippen LogP contribution in [0.3, 0.4) is 0 Å². The van der Waals surface area contributed by atoms with Gasteiger partial charge in [0.25, 0.3) is 0 Å². The molecule has 0 radical (unpaired) electrons. The number of nitrogens with zero attached hydrogens (tertiary/aromatic N) is 4. The van der Waals surface area contributed by atoms with E-state index in [1.165, 1.54) is 41.1 Å². The number of hydrogen-bond acceptors (Lipinski definition) is 6. The van der Waals surface area contributed by atoms with E-state index in [0.29, 0.717) is 28.1 Å². The van der Waals surface area contributed by atoms with Crippen LogP contribution < -0.4 is 0 Å². The number of hydrogen-bond donors (Lipinski definition) is 3. The van der Waals surface area contributed by atoms with Crippen molar-refractivity contribution < 1.29 is 28.9 Å². The van der Waals surface area contributed by atoms with Gasteiger partial charge >= 0.3 is 5.97 Å². The summed E-state index contributed by atoms with van der Waals surface area (Å²) in [4.78, 5) is 10.8. The predicted molar refractivity (Wildman–Crippen MR) is 116 cm³/mol. The number of carboxylic acids is 1. The standard InChI is InChI=1S/C23H22F2N4O4/c1-29-23(26-27-28-29)20(11-10-18(30)12-19(31)13-21(32)33)22(14-2-6-16(24)7-3-14)15-4-8-17(25)9-5-15/h2-11,18-19,30-31H,12-13H2,1H3,(H,32,33)/b11-10+. The van der Waals surface area contributed by atoms with E-state index in [0.717, 1.165) is 0 Å². The van der Waals surface area contributed by atoms with Gasteiger partial charge < -0.3 is 15.3 Å². The summed E-state index contributed by atoms with van der Waals surface area (Å²) in [5.41, 5.74) is 2.16. The first-order chi connectivity index (χ1) is 15.7. The Morgan fingerprint density at radius 3 is 2.03 bits per heavy atom. The minimum absolute atomic E-state index is 0.199. The maximum Gasteiger partial charge on any atom is 0.305 e. The fraction of sp³-hybridized carbons (Fsp3) is 0.217. The van der Waals surface area contributed by atoms with Crippen molar-refractivity contribution in [1.29, 1.82) is 0 Å². The smallest absolute Gasteiger partial charge is 0.305 e. The summed E-state index contributed by atoms with van der Waals surface area (Å²) in [7, 11) is 1.61. The molecule has 2 atom stereocenters. The number of aliphatic carboxylic acids is 1. The molecule has 0 aliphatic rings. The highest BCUT2D eigenvalue weighted by Crippen LogP contribution is 2.32. The molecule has 0 saturated carbocycles. The molecule has 3 aromatic rings. The summed E-state index contributed by atoms with van der Waals surface area (Å²) in [5.74, 6) is -1.73. The van der Waals surface area contributed by atoms with Crippen molar-refractivity contribution in [2.45, 2.75) is 25.0 Å². The number of aryl methyl sites for hydroxylation is 1. The second-order valence-corrected chi connectivity index (χ2v) is 7.34. The first-order valence-corrected chi connectivity index (χ1v) is 9.99. The molecule has 0 saturated heterocycles. The van der Waals surface area contributed by atoms with Gasteiger partial charge in [-0.25, -0.2) is 13.5 Å². The van der Waals surface area contributed by atoms with Gasteiger partial charge in [0.1, 0.15) is 11.6 Å². The zero-order valence-corrected chi connectivity index (χ0v) is 17.6. The van der Waals surface area contributed by atoms with Crippen LogP contribution >= 0.6 is 0 Å². The minimum Gasteiger partial charge on any atom is -0.481 e. The van der Waals surface area contributed by atoms with E-state index in [4.69, 9.17) is 5.11 Å². The Bertz CT molecular complexity index is 1110. The molecular weight excluding hydrogens is 434 g/mol. The number of halogens is 2. The van der Waals surface area contributed by atoms with Gasteiger partial charge in [0, 0.05) is 19.0 Å². The lowest BCUT2D eigenvalue weighted by atomic mass is 9.91. The highest BCUT2D eigenvalue weighted by atomic mass is 19.1. The SMILES string of the molecule is Cn1nnnc1C(/C=C/C(O)CC(O)CC(=O)O)=C(c1ccc(F)cc1)c1ccc(F)cc1. The van der Waals surface area contributed by atoms with Gasteiger partial charge in [0.15, 0.2) is 5.82 Å². The van der Waals surface area contributed by atoms with Gasteiger partial charge in [-0.2, -0.15) is 0 Å². The fourth-order valence-electron chi connectivity index (χ4n) is 3.29. The van der Waals surface area contributed by atoms with Crippen LogP contribution in [-0.4, -0.2) is 53.7 Å². The monoisotopic (exact) mass is 456 g/mol. The van der Waals surface area contributed by atoms with Gasteiger partial charge in [-0.1, -0.05) is 36.4 Å². The number of benzene rings is 2. The Balaban J connectivity index is 2.13. The molecule has 33 heavy (non-hydrogen) atoms. The number of carboxylic acid groups (broad SMARTS) is 1. The average molecular weight is 456 g/mol. The van der Waals surface area contributed by atoms with Crippen LogP contribution in [0, 0.1) is 11.6 Å². The van der Waals surface area contributed by atoms with E-state index in [-0.39, 0.29) is 6.42 Å². The Labute approximate surface area is 188 Å². The quantitative estimate of drug-likeness (QED) is 0.423. The molecule has 10 heteroatoms. The fourth-order valence-corrected chi connectivity index (χ4v) is 3.29. The number of aliphatic hydroxyl groups excluding tert-OH is 2. The molecule has 1 aromatic heterocycles. The first kappa shape index (κ1) is 23.9. The third-order valence-corrected chi connectivity index (χ3v) is 4.81. The molecule has 1 heterocycles. The third kappa shape index (κ3) is 6.37. The molecule has 2 aromatic carbocycles. The lowest BCUT2D eigenvalue weighted by molar-refractivity contribution is -0.139. The summed E-state index contributed by atoms with van der Waals surface area (Å²) < 4.78 is 28.6. The van der Waals surface area contributed by atoms with Crippen molar-refractivity contribution in [3.8, 4) is 0 Å². The Kier molecular flexibility index (Phi) is 7.75. The van der Waals surface area contributed by atoms with E-state index in [9.17, 15) is 23.8 Å². The molecule has 3 N–H and O–H groups in total. The van der Waals surface area contributed by atoms with Gasteiger partial charge in [0.2, 0.25) is 0 Å². The van der Waals surface area contributed by atoms with E-state index in [2.05, 4.69) is 15.5 Å². The lowest BCUT2D eigenvalue weighted by Crippen LogP contribution is -2.19. The van der Waals surface area contributed by atoms with Gasteiger partial charge in [-0.3, -0.25) is 4.79 Å². The van der Waals surface area contributed by atoms with Crippen molar-refractivity contribution in [1.82, 2.24) is 20.2 Å². The van der Waals surface area contributed by atoms with Gasteiger partial charge in [-0.15, -0.1) is 5.10 Å². The summed E-state index contributed by atoms with van der Waals surface area (Å²) in [5, 5.41) is 40.5. The second kappa shape index (κ2) is 10.7. The minimum atomic E-state index is -1.24. The Hall–Kier alpha value is -3.76. The second-order valence-electron chi connectivity index (χ2n) is 7.34. The van der Waals surface area contributed by atoms with Crippen LogP contribution in [0.2, 0.25) is 0 Å². The van der Waals surface area contributed by atoms with Gasteiger partial charge in [0.05, 0.1) is 18.6 Å². The van der Waals surface area contributed by atoms with Crippen LogP contribution in [0.4, 0.5) is 8.78 Å². The van der Waals surface area contributed by atoms with Crippen LogP contribution in [-0.2, 0) is 11.8 Å². The summed E-state index contributed by atoms with van der Waals surface area (Å²) in [6, 6.07) is 11.4. The predicted octanol–water partition coefficient (Wildman–Crippen LogP) is 2.59. The number of allylic oxidation sites excluding steroid dienone is 2. The molecule has 0 amide bonds. The van der Waals surface area contributed by atoms with Crippen molar-refractivity contribution in [3.63, 3.8) is 0 Å². The molecule has 0 fully saturated rings. The summed E-state index contributed by atoms with van der Waals surface area (Å²) in [6.07, 6.45) is -0.196. The zero-order chi connectivity index (χ0) is 24.0. The summed E-state index contributed by atoms with van der Waals surface area (Å²) >= 11 is 0. The maximum atomic E-state index is 13.6. The molecule has 0 bridgehead atoms. The third-order valence-electron chi connectivity index (χ3n) is 4.81. The molecule has 0 aliphatic carbocycles. The highest BCUT2D eigenvalue weighted by molar-refractivity contribution is 6.00. The normalized spacial score (nSPS) is 13.1. The zero-order valence-electron chi connectivity index (χ0n) is 17.6. The molecule has 0 spiro atoms. The Morgan fingerprint density at radius 2 is 1.58 bits per heavy atom. The molecular formula is C23H22F2N4O4. The maximum absolute atomic E-state index is 13.6. The number of aliphatic hydroxyl groups is 2. The van der Waals surface area contributed by atoms with Gasteiger partial charge in [-0.05, 0) is 51.4 Å². The van der Waals surface area contributed by atoms with E-state index in [1.54, 1.807) is 31.3 Å². The summed E-state index contributed by atoms with van der Waals surface area (Å²) in [6.45, 7) is 0. The van der Waals surface area contributed by atoms with Crippen LogP contribution in [0.5, 0.6) is 0 Å². The van der Waals surface area contributed by atoms with E-state index in [1.807, 2.05) is 0 Å². The number of aromatic nitrogens is 4. The molecule has 0 aliphatic heterocycles. The first-order valence-electron chi connectivity index (χ1n) is 9.99. The lowest BCUT2D eigenvalue weighted by Gasteiger charge is -2.15. The Morgan fingerprint density at radius 1 is 1.03 bits per heavy atom.